The minimum atomic E-state index is -0.458. The first-order chi connectivity index (χ1) is 11.9. The number of halogens is 1. The van der Waals surface area contributed by atoms with Crippen LogP contribution in [0, 0.1) is 16.7 Å². The molecule has 2 N–H and O–H groups in total. The Kier molecular flexibility index (Phi) is 5.10. The smallest absolute Gasteiger partial charge is 0.226 e. The van der Waals surface area contributed by atoms with Crippen molar-refractivity contribution < 1.29 is 9.18 Å². The van der Waals surface area contributed by atoms with Crippen molar-refractivity contribution in [1.29, 1.82) is 0 Å². The SMILES string of the molecule is Cc1[nH]c(=S)sc1CC(=O)N[C@@H](c1ccc(F)cc1)c1nccn1C. The molecule has 25 heavy (non-hydrogen) atoms. The minimum absolute atomic E-state index is 0.148. The van der Waals surface area contributed by atoms with Crippen LogP contribution in [0.1, 0.15) is 28.0 Å². The van der Waals surface area contributed by atoms with Gasteiger partial charge in [0.15, 0.2) is 3.95 Å². The first-order valence-corrected chi connectivity index (χ1v) is 8.87. The lowest BCUT2D eigenvalue weighted by Crippen LogP contribution is -2.32. The molecule has 0 radical (unpaired) electrons. The Hall–Kier alpha value is -2.32. The lowest BCUT2D eigenvalue weighted by Gasteiger charge is -2.19. The van der Waals surface area contributed by atoms with Gasteiger partial charge in [-0.2, -0.15) is 0 Å². The van der Waals surface area contributed by atoms with Crippen molar-refractivity contribution in [3.8, 4) is 0 Å². The zero-order valence-electron chi connectivity index (χ0n) is 13.7. The fourth-order valence-corrected chi connectivity index (χ4v) is 3.86. The van der Waals surface area contributed by atoms with E-state index in [0.29, 0.717) is 9.78 Å². The van der Waals surface area contributed by atoms with E-state index in [0.717, 1.165) is 16.1 Å². The van der Waals surface area contributed by atoms with Crippen LogP contribution in [-0.4, -0.2) is 20.4 Å². The summed E-state index contributed by atoms with van der Waals surface area (Å²) in [6.45, 7) is 1.89. The molecule has 8 heteroatoms. The van der Waals surface area contributed by atoms with Crippen LogP contribution in [-0.2, 0) is 18.3 Å². The highest BCUT2D eigenvalue weighted by atomic mass is 32.1. The molecule has 0 saturated heterocycles. The molecule has 0 aliphatic carbocycles. The topological polar surface area (TPSA) is 62.7 Å². The Balaban J connectivity index is 1.86. The van der Waals surface area contributed by atoms with Crippen molar-refractivity contribution in [2.75, 3.05) is 0 Å². The van der Waals surface area contributed by atoms with Crippen LogP contribution in [0.25, 0.3) is 0 Å². The van der Waals surface area contributed by atoms with Gasteiger partial charge in [0.05, 0.1) is 6.42 Å². The van der Waals surface area contributed by atoms with E-state index in [9.17, 15) is 9.18 Å². The van der Waals surface area contributed by atoms with Gasteiger partial charge in [-0.05, 0) is 36.8 Å². The summed E-state index contributed by atoms with van der Waals surface area (Å²) in [6.07, 6.45) is 3.70. The molecule has 0 aliphatic rings. The predicted molar refractivity (Wildman–Crippen MR) is 97.5 cm³/mol. The summed E-state index contributed by atoms with van der Waals surface area (Å²) in [5.74, 6) is 0.209. The molecule has 0 unspecified atom stereocenters. The van der Waals surface area contributed by atoms with E-state index in [1.807, 2.05) is 18.5 Å². The van der Waals surface area contributed by atoms with Crippen LogP contribution in [0.15, 0.2) is 36.7 Å². The maximum Gasteiger partial charge on any atom is 0.226 e. The van der Waals surface area contributed by atoms with E-state index in [2.05, 4.69) is 15.3 Å². The Morgan fingerprint density at radius 1 is 1.44 bits per heavy atom. The maximum atomic E-state index is 13.2. The van der Waals surface area contributed by atoms with Crippen molar-refractivity contribution in [2.45, 2.75) is 19.4 Å². The second-order valence-electron chi connectivity index (χ2n) is 5.69. The van der Waals surface area contributed by atoms with Gasteiger partial charge in [-0.15, -0.1) is 11.3 Å². The van der Waals surface area contributed by atoms with E-state index in [-0.39, 0.29) is 18.1 Å². The van der Waals surface area contributed by atoms with Crippen molar-refractivity contribution in [1.82, 2.24) is 19.9 Å². The molecule has 1 amide bonds. The fraction of sp³-hybridized carbons (Fsp3) is 0.235. The van der Waals surface area contributed by atoms with E-state index in [1.54, 1.807) is 24.5 Å². The first-order valence-electron chi connectivity index (χ1n) is 7.64. The molecular weight excluding hydrogens is 359 g/mol. The number of imidazole rings is 1. The molecule has 0 saturated carbocycles. The second-order valence-corrected chi connectivity index (χ2v) is 7.46. The summed E-state index contributed by atoms with van der Waals surface area (Å²) in [7, 11) is 1.85. The predicted octanol–water partition coefficient (Wildman–Crippen LogP) is 3.44. The lowest BCUT2D eigenvalue weighted by atomic mass is 10.1. The highest BCUT2D eigenvalue weighted by Crippen LogP contribution is 2.22. The Morgan fingerprint density at radius 2 is 2.16 bits per heavy atom. The van der Waals surface area contributed by atoms with E-state index in [1.165, 1.54) is 23.5 Å². The molecule has 5 nitrogen and oxygen atoms in total. The molecule has 1 atom stereocenters. The van der Waals surface area contributed by atoms with Crippen LogP contribution >= 0.6 is 23.6 Å². The number of thiazole rings is 1. The molecule has 3 aromatic rings. The van der Waals surface area contributed by atoms with Crippen LogP contribution < -0.4 is 5.32 Å². The van der Waals surface area contributed by atoms with Crippen molar-refractivity contribution in [2.24, 2.45) is 7.05 Å². The third-order valence-corrected chi connectivity index (χ3v) is 5.21. The highest BCUT2D eigenvalue weighted by Gasteiger charge is 2.21. The standard InChI is InChI=1S/C17H17FN4OS2/c1-10-13(25-17(24)20-10)9-14(23)21-15(16-19-7-8-22(16)2)11-3-5-12(18)6-4-11/h3-8,15H,9H2,1-2H3,(H,20,24)(H,21,23)/t15-/m0/s1. The van der Waals surface area contributed by atoms with Gasteiger partial charge in [-0.1, -0.05) is 12.1 Å². The Labute approximate surface area is 153 Å². The molecule has 1 aromatic carbocycles. The third-order valence-electron chi connectivity index (χ3n) is 3.87. The number of H-pyrrole nitrogens is 1. The number of carbonyl (C=O) groups is 1. The molecular formula is C17H17FN4OS2. The Bertz CT molecular complexity index is 942. The molecule has 0 bridgehead atoms. The van der Waals surface area contributed by atoms with Gasteiger partial charge < -0.3 is 14.9 Å². The van der Waals surface area contributed by atoms with E-state index >= 15 is 0 Å². The monoisotopic (exact) mass is 376 g/mol. The summed E-state index contributed by atoms with van der Waals surface area (Å²) < 4.78 is 15.7. The largest absolute Gasteiger partial charge is 0.342 e. The van der Waals surface area contributed by atoms with Crippen LogP contribution in [0.4, 0.5) is 4.39 Å². The zero-order valence-corrected chi connectivity index (χ0v) is 15.4. The molecule has 130 valence electrons. The molecule has 0 spiro atoms. The number of aryl methyl sites for hydroxylation is 2. The maximum absolute atomic E-state index is 13.2. The third kappa shape index (κ3) is 4.02. The van der Waals surface area contributed by atoms with Gasteiger partial charge in [0.25, 0.3) is 0 Å². The van der Waals surface area contributed by atoms with Crippen molar-refractivity contribution in [3.05, 3.63) is 68.4 Å². The minimum Gasteiger partial charge on any atom is -0.342 e. The molecule has 2 heterocycles. The summed E-state index contributed by atoms with van der Waals surface area (Å²) in [4.78, 5) is 20.8. The van der Waals surface area contributed by atoms with Crippen LogP contribution in [0.2, 0.25) is 0 Å². The number of aromatic amines is 1. The number of nitrogens with zero attached hydrogens (tertiary/aromatic N) is 2. The zero-order chi connectivity index (χ0) is 18.0. The number of nitrogens with one attached hydrogen (secondary N) is 2. The van der Waals surface area contributed by atoms with Gasteiger partial charge in [-0.3, -0.25) is 4.79 Å². The van der Waals surface area contributed by atoms with Gasteiger partial charge >= 0.3 is 0 Å². The summed E-state index contributed by atoms with van der Waals surface area (Å²) >= 11 is 6.51. The van der Waals surface area contributed by atoms with Crippen LogP contribution in [0.5, 0.6) is 0 Å². The number of amides is 1. The highest BCUT2D eigenvalue weighted by molar-refractivity contribution is 7.73. The normalized spacial score (nSPS) is 12.1. The number of rotatable bonds is 5. The number of benzene rings is 1. The molecule has 0 aliphatic heterocycles. The number of hydrogen-bond donors (Lipinski definition) is 2. The summed E-state index contributed by atoms with van der Waals surface area (Å²) in [6, 6.07) is 5.60. The number of carbonyl (C=O) groups excluding carboxylic acids is 1. The average Bonchev–Trinajstić information content (AvgIpc) is 3.11. The molecule has 2 aromatic heterocycles. The number of hydrogen-bond acceptors (Lipinski definition) is 4. The lowest BCUT2D eigenvalue weighted by molar-refractivity contribution is -0.121. The van der Waals surface area contributed by atoms with Gasteiger partial charge in [0.2, 0.25) is 5.91 Å². The summed E-state index contributed by atoms with van der Waals surface area (Å²) in [5, 5.41) is 3.00. The first kappa shape index (κ1) is 17.5. The van der Waals surface area contributed by atoms with Gasteiger partial charge in [0, 0.05) is 30.0 Å². The fourth-order valence-electron chi connectivity index (χ4n) is 2.57. The molecule has 0 fully saturated rings. The average molecular weight is 376 g/mol. The molecule has 3 rings (SSSR count). The van der Waals surface area contributed by atoms with Crippen molar-refractivity contribution in [3.63, 3.8) is 0 Å². The van der Waals surface area contributed by atoms with E-state index < -0.39 is 6.04 Å². The Morgan fingerprint density at radius 3 is 2.72 bits per heavy atom. The van der Waals surface area contributed by atoms with Gasteiger partial charge in [-0.25, -0.2) is 9.37 Å². The quantitative estimate of drug-likeness (QED) is 0.671. The van der Waals surface area contributed by atoms with Crippen molar-refractivity contribution >= 4 is 29.5 Å². The van der Waals surface area contributed by atoms with E-state index in [4.69, 9.17) is 12.2 Å². The second kappa shape index (κ2) is 7.28. The van der Waals surface area contributed by atoms with Gasteiger partial charge in [0.1, 0.15) is 17.7 Å². The number of aromatic nitrogens is 3. The van der Waals surface area contributed by atoms with Crippen LogP contribution in [0.3, 0.4) is 0 Å². The summed E-state index contributed by atoms with van der Waals surface area (Å²) in [5.41, 5.74) is 1.67.